The zero-order valence-corrected chi connectivity index (χ0v) is 22.2. The third-order valence-corrected chi connectivity index (χ3v) is 7.08. The molecule has 0 aliphatic carbocycles. The van der Waals surface area contributed by atoms with Crippen LogP contribution in [0, 0.1) is 12.7 Å². The molecule has 37 heavy (non-hydrogen) atoms. The summed E-state index contributed by atoms with van der Waals surface area (Å²) in [6.07, 6.45) is 2.73. The number of halogens is 1. The van der Waals surface area contributed by atoms with Gasteiger partial charge in [-0.05, 0) is 56.2 Å². The molecule has 0 N–H and O–H groups in total. The minimum atomic E-state index is -3.55. The van der Waals surface area contributed by atoms with E-state index in [1.165, 1.54) is 23.8 Å². The van der Waals surface area contributed by atoms with Crippen LogP contribution in [0.2, 0.25) is 0 Å². The van der Waals surface area contributed by atoms with Gasteiger partial charge in [0.15, 0.2) is 11.4 Å². The van der Waals surface area contributed by atoms with Gasteiger partial charge in [-0.15, -0.1) is 0 Å². The van der Waals surface area contributed by atoms with E-state index in [-0.39, 0.29) is 17.5 Å². The monoisotopic (exact) mass is 528 g/mol. The molecule has 0 fully saturated rings. The number of pyridine rings is 2. The first kappa shape index (κ1) is 26.3. The molecule has 0 bridgehead atoms. The maximum atomic E-state index is 13.8. The van der Waals surface area contributed by atoms with E-state index in [0.29, 0.717) is 35.8 Å². The van der Waals surface area contributed by atoms with Gasteiger partial charge in [0, 0.05) is 24.6 Å². The summed E-state index contributed by atoms with van der Waals surface area (Å²) in [5.41, 5.74) is 3.09. The summed E-state index contributed by atoms with van der Waals surface area (Å²) in [5, 5.41) is 0. The number of nitrogens with zero attached hydrogens (tertiary/aromatic N) is 4. The molecule has 0 radical (unpaired) electrons. The zero-order chi connectivity index (χ0) is 26.9. The Morgan fingerprint density at radius 2 is 1.81 bits per heavy atom. The van der Waals surface area contributed by atoms with Crippen molar-refractivity contribution in [3.05, 3.63) is 70.2 Å². The third-order valence-electron chi connectivity index (χ3n) is 6.16. The van der Waals surface area contributed by atoms with Gasteiger partial charge in [0.25, 0.3) is 5.88 Å². The number of rotatable bonds is 9. The smallest absolute Gasteiger partial charge is 0.330 e. The first-order valence-corrected chi connectivity index (χ1v) is 13.9. The topological polar surface area (TPSA) is 105 Å². The van der Waals surface area contributed by atoms with Crippen molar-refractivity contribution in [2.45, 2.75) is 33.4 Å². The molecule has 0 saturated heterocycles. The molecule has 0 aliphatic rings. The Kier molecular flexibility index (Phi) is 7.35. The molecule has 0 saturated carbocycles. The first-order chi connectivity index (χ1) is 17.6. The Bertz CT molecular complexity index is 1610. The van der Waals surface area contributed by atoms with Crippen LogP contribution >= 0.6 is 0 Å². The van der Waals surface area contributed by atoms with E-state index in [0.717, 1.165) is 22.9 Å². The van der Waals surface area contributed by atoms with Gasteiger partial charge >= 0.3 is 5.69 Å². The van der Waals surface area contributed by atoms with Crippen LogP contribution in [0.3, 0.4) is 0 Å². The van der Waals surface area contributed by atoms with Crippen LogP contribution in [0.4, 0.5) is 4.39 Å². The lowest BCUT2D eigenvalue weighted by Crippen LogP contribution is -2.32. The van der Waals surface area contributed by atoms with Crippen LogP contribution in [0.25, 0.3) is 22.3 Å². The molecular weight excluding hydrogens is 499 g/mol. The standard InChI is InChI=1S/C26H29FN4O5S/c1-6-30-23-16(3)19(17-8-10-18(27)11-9-17)14-28-24(23)31(26(30)32)21(15-37(5,33)34)20-12-13-22(35-4)25(29-20)36-7-2/h8-14,21H,6-7,15H2,1-5H3/t21-/m0/s1. The SMILES string of the molecule is CCOc1nc([C@H](CS(C)(=O)=O)n2c(=O)n(CC)c3c(C)c(-c4ccc(F)cc4)cnc32)ccc1OC. The number of aromatic nitrogens is 4. The van der Waals surface area contributed by atoms with Gasteiger partial charge < -0.3 is 9.47 Å². The fourth-order valence-electron chi connectivity index (χ4n) is 4.49. The maximum Gasteiger partial charge on any atom is 0.330 e. The van der Waals surface area contributed by atoms with E-state index in [9.17, 15) is 17.6 Å². The summed E-state index contributed by atoms with van der Waals surface area (Å²) in [5.74, 6) is -0.129. The number of fused-ring (bicyclic) bond motifs is 1. The molecule has 0 spiro atoms. The number of methoxy groups -OCH3 is 1. The number of benzene rings is 1. The Hall–Kier alpha value is -3.73. The second-order valence-corrected chi connectivity index (χ2v) is 10.8. The summed E-state index contributed by atoms with van der Waals surface area (Å²) in [4.78, 5) is 22.9. The van der Waals surface area contributed by atoms with Crippen molar-refractivity contribution < 1.29 is 22.3 Å². The molecule has 4 rings (SSSR count). The number of ether oxygens (including phenoxy) is 2. The van der Waals surface area contributed by atoms with Crippen LogP contribution in [-0.4, -0.2) is 53.2 Å². The lowest BCUT2D eigenvalue weighted by atomic mass is 10.0. The predicted molar refractivity (Wildman–Crippen MR) is 140 cm³/mol. The van der Waals surface area contributed by atoms with Crippen molar-refractivity contribution in [2.24, 2.45) is 0 Å². The third kappa shape index (κ3) is 5.08. The van der Waals surface area contributed by atoms with E-state index in [1.807, 2.05) is 13.8 Å². The van der Waals surface area contributed by atoms with Crippen molar-refractivity contribution in [3.63, 3.8) is 0 Å². The molecule has 0 aliphatic heterocycles. The largest absolute Gasteiger partial charge is 0.491 e. The highest BCUT2D eigenvalue weighted by atomic mass is 32.2. The Balaban J connectivity index is 2.00. The van der Waals surface area contributed by atoms with Gasteiger partial charge in [0.05, 0.1) is 36.7 Å². The summed E-state index contributed by atoms with van der Waals surface area (Å²) in [7, 11) is -2.07. The predicted octanol–water partition coefficient (Wildman–Crippen LogP) is 3.77. The van der Waals surface area contributed by atoms with Crippen LogP contribution in [0.5, 0.6) is 11.6 Å². The van der Waals surface area contributed by atoms with E-state index in [1.54, 1.807) is 42.0 Å². The van der Waals surface area contributed by atoms with Crippen molar-refractivity contribution in [2.75, 3.05) is 25.7 Å². The summed E-state index contributed by atoms with van der Waals surface area (Å²) >= 11 is 0. The maximum absolute atomic E-state index is 13.8. The average Bonchev–Trinajstić information content (AvgIpc) is 3.15. The van der Waals surface area contributed by atoms with Crippen molar-refractivity contribution in [1.82, 2.24) is 19.1 Å². The lowest BCUT2D eigenvalue weighted by Gasteiger charge is -2.19. The second-order valence-electron chi connectivity index (χ2n) is 8.66. The summed E-state index contributed by atoms with van der Waals surface area (Å²) in [6.45, 7) is 6.16. The van der Waals surface area contributed by atoms with Crippen LogP contribution in [-0.2, 0) is 16.4 Å². The summed E-state index contributed by atoms with van der Waals surface area (Å²) < 4.78 is 52.4. The van der Waals surface area contributed by atoms with E-state index in [4.69, 9.17) is 9.47 Å². The minimum absolute atomic E-state index is 0.205. The van der Waals surface area contributed by atoms with Crippen molar-refractivity contribution in [1.29, 1.82) is 0 Å². The molecule has 0 amide bonds. The normalized spacial score (nSPS) is 12.6. The van der Waals surface area contributed by atoms with E-state index >= 15 is 0 Å². The van der Waals surface area contributed by atoms with Crippen LogP contribution in [0.15, 0.2) is 47.4 Å². The van der Waals surface area contributed by atoms with Crippen molar-refractivity contribution >= 4 is 21.0 Å². The van der Waals surface area contributed by atoms with Gasteiger partial charge in [0.2, 0.25) is 0 Å². The number of sulfone groups is 1. The summed E-state index contributed by atoms with van der Waals surface area (Å²) in [6, 6.07) is 8.33. The van der Waals surface area contributed by atoms with Crippen molar-refractivity contribution in [3.8, 4) is 22.8 Å². The number of hydrogen-bond donors (Lipinski definition) is 0. The van der Waals surface area contributed by atoms with E-state index < -0.39 is 21.6 Å². The van der Waals surface area contributed by atoms with Gasteiger partial charge in [-0.3, -0.25) is 9.13 Å². The second kappa shape index (κ2) is 10.3. The quantitative estimate of drug-likeness (QED) is 0.326. The molecular formula is C26H29FN4O5S. The molecule has 196 valence electrons. The fourth-order valence-corrected chi connectivity index (χ4v) is 5.38. The Morgan fingerprint density at radius 1 is 1.11 bits per heavy atom. The fraction of sp³-hybridized carbons (Fsp3) is 0.346. The highest BCUT2D eigenvalue weighted by Gasteiger charge is 2.29. The molecule has 3 aromatic heterocycles. The highest BCUT2D eigenvalue weighted by Crippen LogP contribution is 2.32. The lowest BCUT2D eigenvalue weighted by molar-refractivity contribution is 0.296. The molecule has 4 aromatic rings. The molecule has 3 heterocycles. The molecule has 9 nitrogen and oxygen atoms in total. The Morgan fingerprint density at radius 3 is 2.41 bits per heavy atom. The number of imidazole rings is 1. The van der Waals surface area contributed by atoms with Crippen LogP contribution < -0.4 is 15.2 Å². The number of aryl methyl sites for hydroxylation is 2. The molecule has 11 heteroatoms. The number of hydrogen-bond acceptors (Lipinski definition) is 7. The highest BCUT2D eigenvalue weighted by molar-refractivity contribution is 7.90. The minimum Gasteiger partial charge on any atom is -0.491 e. The van der Waals surface area contributed by atoms with Gasteiger partial charge in [-0.1, -0.05) is 12.1 Å². The van der Waals surface area contributed by atoms with E-state index in [2.05, 4.69) is 9.97 Å². The molecule has 1 aromatic carbocycles. The van der Waals surface area contributed by atoms with Gasteiger partial charge in [-0.25, -0.2) is 27.6 Å². The molecule has 0 unspecified atom stereocenters. The van der Waals surface area contributed by atoms with Crippen LogP contribution in [0.1, 0.15) is 31.1 Å². The Labute approximate surface area is 214 Å². The first-order valence-electron chi connectivity index (χ1n) is 11.8. The van der Waals surface area contributed by atoms with Gasteiger partial charge in [0.1, 0.15) is 15.7 Å². The molecule has 1 atom stereocenters. The average molecular weight is 529 g/mol. The zero-order valence-electron chi connectivity index (χ0n) is 21.4. The van der Waals surface area contributed by atoms with Gasteiger partial charge in [-0.2, -0.15) is 0 Å².